The Bertz CT molecular complexity index is 626. The van der Waals surface area contributed by atoms with Gasteiger partial charge in [0.25, 0.3) is 5.91 Å². The van der Waals surface area contributed by atoms with Gasteiger partial charge >= 0.3 is 5.97 Å². The standard InChI is InChI=1S/C20H28N2O4/c23-19(24)13-18-15-26-11-10-22(18)20(25)17-7-5-6-16(12-17)14-21-8-3-1-2-4-9-21/h5-7,12,18H,1-4,8-11,13-15H2,(H,23,24). The van der Waals surface area contributed by atoms with Crippen molar-refractivity contribution in [3.63, 3.8) is 0 Å². The molecule has 0 aromatic heterocycles. The SMILES string of the molecule is O=C(O)CC1COCCN1C(=O)c1cccc(CN2CCCCCC2)c1. The minimum Gasteiger partial charge on any atom is -0.481 e. The van der Waals surface area contributed by atoms with Crippen molar-refractivity contribution in [1.82, 2.24) is 9.80 Å². The number of amides is 1. The maximum atomic E-state index is 13.0. The molecule has 6 heteroatoms. The van der Waals surface area contributed by atoms with Crippen LogP contribution in [0.5, 0.6) is 0 Å². The second-order valence-electron chi connectivity index (χ2n) is 7.22. The smallest absolute Gasteiger partial charge is 0.305 e. The number of hydrogen-bond acceptors (Lipinski definition) is 4. The number of rotatable bonds is 5. The van der Waals surface area contributed by atoms with Gasteiger partial charge < -0.3 is 14.7 Å². The fourth-order valence-electron chi connectivity index (χ4n) is 3.81. The molecule has 1 aromatic carbocycles. The predicted molar refractivity (Wildman–Crippen MR) is 98.1 cm³/mol. The monoisotopic (exact) mass is 360 g/mol. The number of benzene rings is 1. The fraction of sp³-hybridized carbons (Fsp3) is 0.600. The molecule has 0 spiro atoms. The van der Waals surface area contributed by atoms with Gasteiger partial charge in [0.2, 0.25) is 0 Å². The molecule has 1 aromatic rings. The molecule has 1 atom stereocenters. The molecule has 2 aliphatic heterocycles. The zero-order valence-corrected chi connectivity index (χ0v) is 15.2. The van der Waals surface area contributed by atoms with E-state index in [0.29, 0.717) is 18.7 Å². The van der Waals surface area contributed by atoms with E-state index >= 15 is 0 Å². The Balaban J connectivity index is 1.69. The molecule has 0 radical (unpaired) electrons. The molecule has 0 aliphatic carbocycles. The Kier molecular flexibility index (Phi) is 6.63. The molecule has 1 unspecified atom stereocenters. The third kappa shape index (κ3) is 5.05. The predicted octanol–water partition coefficient (Wildman–Crippen LogP) is 2.38. The molecule has 0 saturated carbocycles. The van der Waals surface area contributed by atoms with Crippen LogP contribution in [-0.2, 0) is 16.1 Å². The Labute approximate surface area is 154 Å². The van der Waals surface area contributed by atoms with E-state index in [1.807, 2.05) is 18.2 Å². The lowest BCUT2D eigenvalue weighted by Crippen LogP contribution is -2.49. The number of carbonyl (C=O) groups is 2. The van der Waals surface area contributed by atoms with Crippen LogP contribution in [-0.4, -0.2) is 65.7 Å². The minimum atomic E-state index is -0.909. The first kappa shape index (κ1) is 18.9. The van der Waals surface area contributed by atoms with Gasteiger partial charge in [-0.3, -0.25) is 14.5 Å². The van der Waals surface area contributed by atoms with Gasteiger partial charge in [-0.2, -0.15) is 0 Å². The summed E-state index contributed by atoms with van der Waals surface area (Å²) in [4.78, 5) is 28.1. The van der Waals surface area contributed by atoms with E-state index in [2.05, 4.69) is 11.0 Å². The lowest BCUT2D eigenvalue weighted by molar-refractivity contribution is -0.139. The number of carboxylic acid groups (broad SMARTS) is 1. The van der Waals surface area contributed by atoms with Crippen molar-refractivity contribution in [1.29, 1.82) is 0 Å². The van der Waals surface area contributed by atoms with Crippen molar-refractivity contribution in [2.24, 2.45) is 0 Å². The summed E-state index contributed by atoms with van der Waals surface area (Å²) >= 11 is 0. The van der Waals surface area contributed by atoms with Crippen LogP contribution in [0.3, 0.4) is 0 Å². The molecular formula is C20H28N2O4. The largest absolute Gasteiger partial charge is 0.481 e. The minimum absolute atomic E-state index is 0.0841. The normalized spacial score (nSPS) is 22.0. The van der Waals surface area contributed by atoms with Gasteiger partial charge in [-0.1, -0.05) is 25.0 Å². The molecule has 0 bridgehead atoms. The van der Waals surface area contributed by atoms with Gasteiger partial charge in [-0.05, 0) is 43.6 Å². The summed E-state index contributed by atoms with van der Waals surface area (Å²) in [5.74, 6) is -1.01. The van der Waals surface area contributed by atoms with E-state index in [1.165, 1.54) is 25.7 Å². The van der Waals surface area contributed by atoms with Crippen molar-refractivity contribution < 1.29 is 19.4 Å². The summed E-state index contributed by atoms with van der Waals surface area (Å²) in [6.45, 7) is 4.27. The Morgan fingerprint density at radius 3 is 2.62 bits per heavy atom. The average molecular weight is 360 g/mol. The van der Waals surface area contributed by atoms with Crippen molar-refractivity contribution in [2.75, 3.05) is 32.8 Å². The Hall–Kier alpha value is -1.92. The van der Waals surface area contributed by atoms with Crippen molar-refractivity contribution >= 4 is 11.9 Å². The highest BCUT2D eigenvalue weighted by atomic mass is 16.5. The van der Waals surface area contributed by atoms with E-state index in [1.54, 1.807) is 4.90 Å². The fourth-order valence-corrected chi connectivity index (χ4v) is 3.81. The van der Waals surface area contributed by atoms with Crippen LogP contribution in [0.15, 0.2) is 24.3 Å². The summed E-state index contributed by atoms with van der Waals surface area (Å²) in [5, 5.41) is 9.09. The van der Waals surface area contributed by atoms with Crippen LogP contribution in [0, 0.1) is 0 Å². The van der Waals surface area contributed by atoms with Crippen LogP contribution in [0.1, 0.15) is 48.0 Å². The number of morpholine rings is 1. The summed E-state index contributed by atoms with van der Waals surface area (Å²) in [7, 11) is 0. The second-order valence-corrected chi connectivity index (χ2v) is 7.22. The molecule has 3 rings (SSSR count). The average Bonchev–Trinajstić information content (AvgIpc) is 2.90. The lowest BCUT2D eigenvalue weighted by Gasteiger charge is -2.35. The van der Waals surface area contributed by atoms with Crippen molar-refractivity contribution in [3.8, 4) is 0 Å². The number of ether oxygens (including phenoxy) is 1. The molecule has 2 aliphatic rings. The van der Waals surface area contributed by atoms with E-state index < -0.39 is 12.0 Å². The third-order valence-corrected chi connectivity index (χ3v) is 5.18. The molecule has 1 amide bonds. The second kappa shape index (κ2) is 9.14. The van der Waals surface area contributed by atoms with E-state index in [9.17, 15) is 9.59 Å². The Morgan fingerprint density at radius 2 is 1.88 bits per heavy atom. The first-order valence-electron chi connectivity index (χ1n) is 9.55. The Morgan fingerprint density at radius 1 is 1.12 bits per heavy atom. The van der Waals surface area contributed by atoms with Crippen LogP contribution in [0.2, 0.25) is 0 Å². The molecule has 2 heterocycles. The van der Waals surface area contributed by atoms with Gasteiger partial charge in [0.1, 0.15) is 0 Å². The van der Waals surface area contributed by atoms with Crippen LogP contribution < -0.4 is 0 Å². The highest BCUT2D eigenvalue weighted by Gasteiger charge is 2.29. The summed E-state index contributed by atoms with van der Waals surface area (Å²) < 4.78 is 5.37. The maximum absolute atomic E-state index is 13.0. The number of aliphatic carboxylic acids is 1. The zero-order chi connectivity index (χ0) is 18.4. The molecule has 2 fully saturated rings. The number of nitrogens with zero attached hydrogens (tertiary/aromatic N) is 2. The van der Waals surface area contributed by atoms with Gasteiger partial charge in [0, 0.05) is 18.7 Å². The highest BCUT2D eigenvalue weighted by molar-refractivity contribution is 5.95. The van der Waals surface area contributed by atoms with Crippen molar-refractivity contribution in [2.45, 2.75) is 44.7 Å². The number of carboxylic acids is 1. The summed E-state index contributed by atoms with van der Waals surface area (Å²) in [6.07, 6.45) is 5.00. The van der Waals surface area contributed by atoms with Gasteiger partial charge in [0.15, 0.2) is 0 Å². The third-order valence-electron chi connectivity index (χ3n) is 5.18. The summed E-state index contributed by atoms with van der Waals surface area (Å²) in [6, 6.07) is 7.37. The van der Waals surface area contributed by atoms with E-state index in [4.69, 9.17) is 9.84 Å². The lowest BCUT2D eigenvalue weighted by atomic mass is 10.1. The van der Waals surface area contributed by atoms with Crippen LogP contribution >= 0.6 is 0 Å². The molecule has 26 heavy (non-hydrogen) atoms. The quantitative estimate of drug-likeness (QED) is 0.873. The van der Waals surface area contributed by atoms with E-state index in [-0.39, 0.29) is 18.9 Å². The molecule has 6 nitrogen and oxygen atoms in total. The van der Waals surface area contributed by atoms with Crippen LogP contribution in [0.4, 0.5) is 0 Å². The summed E-state index contributed by atoms with van der Waals surface area (Å²) in [5.41, 5.74) is 1.77. The highest BCUT2D eigenvalue weighted by Crippen LogP contribution is 2.18. The zero-order valence-electron chi connectivity index (χ0n) is 15.2. The van der Waals surface area contributed by atoms with Gasteiger partial charge in [-0.15, -0.1) is 0 Å². The molecule has 1 N–H and O–H groups in total. The first-order chi connectivity index (χ1) is 12.6. The number of likely N-dealkylation sites (tertiary alicyclic amines) is 1. The van der Waals surface area contributed by atoms with Crippen molar-refractivity contribution in [3.05, 3.63) is 35.4 Å². The molecule has 2 saturated heterocycles. The molecular weight excluding hydrogens is 332 g/mol. The van der Waals surface area contributed by atoms with Crippen LogP contribution in [0.25, 0.3) is 0 Å². The van der Waals surface area contributed by atoms with Gasteiger partial charge in [0.05, 0.1) is 25.7 Å². The first-order valence-corrected chi connectivity index (χ1v) is 9.55. The van der Waals surface area contributed by atoms with Gasteiger partial charge in [-0.25, -0.2) is 0 Å². The number of hydrogen-bond donors (Lipinski definition) is 1. The topological polar surface area (TPSA) is 70.1 Å². The van der Waals surface area contributed by atoms with E-state index in [0.717, 1.165) is 25.2 Å². The maximum Gasteiger partial charge on any atom is 0.305 e. The number of carbonyl (C=O) groups excluding carboxylic acids is 1. The molecule has 142 valence electrons.